The first-order valence-corrected chi connectivity index (χ1v) is 6.87. The molecule has 5 heteroatoms. The highest BCUT2D eigenvalue weighted by Gasteiger charge is 2.09. The summed E-state index contributed by atoms with van der Waals surface area (Å²) in [5.74, 6) is 1.48. The molecule has 4 nitrogen and oxygen atoms in total. The van der Waals surface area contributed by atoms with Crippen LogP contribution in [0.1, 0.15) is 11.5 Å². The largest absolute Gasteiger partial charge is 0.482 e. The maximum absolute atomic E-state index is 6.01. The second-order valence-electron chi connectivity index (χ2n) is 4.59. The zero-order valence-electron chi connectivity index (χ0n) is 11.4. The van der Waals surface area contributed by atoms with Gasteiger partial charge >= 0.3 is 0 Å². The number of aromatic nitrogens is 2. The molecule has 0 aliphatic heterocycles. The molecule has 0 N–H and O–H groups in total. The number of rotatable bonds is 4. The van der Waals surface area contributed by atoms with Crippen molar-refractivity contribution < 1.29 is 9.15 Å². The van der Waals surface area contributed by atoms with Crippen molar-refractivity contribution in [1.29, 1.82) is 0 Å². The summed E-state index contributed by atoms with van der Waals surface area (Å²) >= 11 is 6.01. The van der Waals surface area contributed by atoms with Crippen molar-refractivity contribution in [2.24, 2.45) is 0 Å². The van der Waals surface area contributed by atoms with Crippen LogP contribution in [0.25, 0.3) is 11.5 Å². The molecule has 2 aromatic carbocycles. The number of benzene rings is 2. The molecule has 0 saturated heterocycles. The van der Waals surface area contributed by atoms with Crippen LogP contribution < -0.4 is 4.74 Å². The van der Waals surface area contributed by atoms with E-state index in [1.165, 1.54) is 5.56 Å². The van der Waals surface area contributed by atoms with Gasteiger partial charge in [0.05, 0.1) is 5.02 Å². The number of para-hydroxylation sites is 1. The van der Waals surface area contributed by atoms with E-state index in [2.05, 4.69) is 10.2 Å². The van der Waals surface area contributed by atoms with Gasteiger partial charge in [0.1, 0.15) is 5.75 Å². The molecule has 0 fully saturated rings. The SMILES string of the molecule is Cc1ccc(-c2nnc(COc3ccccc3Cl)o2)cc1. The molecule has 0 unspecified atom stereocenters. The van der Waals surface area contributed by atoms with Gasteiger partial charge in [-0.1, -0.05) is 41.4 Å². The molecule has 0 aliphatic rings. The molecule has 0 atom stereocenters. The summed E-state index contributed by atoms with van der Waals surface area (Å²) in [4.78, 5) is 0. The quantitative estimate of drug-likeness (QED) is 0.721. The standard InChI is InChI=1S/C16H13ClN2O2/c1-11-6-8-12(9-7-11)16-19-18-15(21-16)10-20-14-5-3-2-4-13(14)17/h2-9H,10H2,1H3. The minimum absolute atomic E-state index is 0.183. The average molecular weight is 301 g/mol. The fourth-order valence-corrected chi connectivity index (χ4v) is 2.02. The molecule has 1 heterocycles. The predicted octanol–water partition coefficient (Wildman–Crippen LogP) is 4.28. The van der Waals surface area contributed by atoms with Crippen LogP contribution >= 0.6 is 11.6 Å². The van der Waals surface area contributed by atoms with Crippen LogP contribution in [0.3, 0.4) is 0 Å². The van der Waals surface area contributed by atoms with Gasteiger partial charge in [0.25, 0.3) is 5.89 Å². The van der Waals surface area contributed by atoms with Crippen molar-refractivity contribution >= 4 is 11.6 Å². The Morgan fingerprint density at radius 1 is 1.05 bits per heavy atom. The Hall–Kier alpha value is -2.33. The highest BCUT2D eigenvalue weighted by atomic mass is 35.5. The minimum Gasteiger partial charge on any atom is -0.482 e. The van der Waals surface area contributed by atoms with Crippen molar-refractivity contribution in [2.45, 2.75) is 13.5 Å². The van der Waals surface area contributed by atoms with Gasteiger partial charge in [0.2, 0.25) is 5.89 Å². The van der Waals surface area contributed by atoms with Gasteiger partial charge < -0.3 is 9.15 Å². The number of nitrogens with zero attached hydrogens (tertiary/aromatic N) is 2. The molecule has 0 amide bonds. The van der Waals surface area contributed by atoms with Crippen LogP contribution in [0.4, 0.5) is 0 Å². The maximum atomic E-state index is 6.01. The Kier molecular flexibility index (Phi) is 3.88. The lowest BCUT2D eigenvalue weighted by Crippen LogP contribution is -1.95. The zero-order chi connectivity index (χ0) is 14.7. The number of hydrogen-bond donors (Lipinski definition) is 0. The first-order chi connectivity index (χ1) is 10.2. The van der Waals surface area contributed by atoms with E-state index in [0.717, 1.165) is 5.56 Å². The number of ether oxygens (including phenoxy) is 1. The predicted molar refractivity (Wildman–Crippen MR) is 80.3 cm³/mol. The monoisotopic (exact) mass is 300 g/mol. The number of halogens is 1. The fraction of sp³-hybridized carbons (Fsp3) is 0.125. The normalized spacial score (nSPS) is 10.6. The van der Waals surface area contributed by atoms with Gasteiger partial charge in [0.15, 0.2) is 6.61 Å². The van der Waals surface area contributed by atoms with Crippen molar-refractivity contribution in [3.8, 4) is 17.2 Å². The van der Waals surface area contributed by atoms with E-state index in [1.807, 2.05) is 43.3 Å². The van der Waals surface area contributed by atoms with Crippen molar-refractivity contribution in [3.63, 3.8) is 0 Å². The maximum Gasteiger partial charge on any atom is 0.254 e. The third-order valence-electron chi connectivity index (χ3n) is 2.95. The second kappa shape index (κ2) is 5.97. The lowest BCUT2D eigenvalue weighted by atomic mass is 10.1. The van der Waals surface area contributed by atoms with Gasteiger partial charge in [-0.2, -0.15) is 0 Å². The highest BCUT2D eigenvalue weighted by molar-refractivity contribution is 6.32. The summed E-state index contributed by atoms with van der Waals surface area (Å²) in [6, 6.07) is 15.1. The molecule has 3 rings (SSSR count). The Bertz CT molecular complexity index is 738. The van der Waals surface area contributed by atoms with E-state index < -0.39 is 0 Å². The highest BCUT2D eigenvalue weighted by Crippen LogP contribution is 2.24. The third kappa shape index (κ3) is 3.23. The van der Waals surface area contributed by atoms with Crippen LogP contribution in [0.2, 0.25) is 5.02 Å². The number of aryl methyl sites for hydroxylation is 1. The van der Waals surface area contributed by atoms with Gasteiger partial charge in [0, 0.05) is 5.56 Å². The van der Waals surface area contributed by atoms with Crippen LogP contribution in [-0.4, -0.2) is 10.2 Å². The first kappa shape index (κ1) is 13.6. The van der Waals surface area contributed by atoms with Crippen LogP contribution in [-0.2, 0) is 6.61 Å². The van der Waals surface area contributed by atoms with E-state index in [1.54, 1.807) is 12.1 Å². The second-order valence-corrected chi connectivity index (χ2v) is 4.99. The summed E-state index contributed by atoms with van der Waals surface area (Å²) in [7, 11) is 0. The van der Waals surface area contributed by atoms with Crippen molar-refractivity contribution in [1.82, 2.24) is 10.2 Å². The Morgan fingerprint density at radius 2 is 1.81 bits per heavy atom. The Morgan fingerprint density at radius 3 is 2.57 bits per heavy atom. The van der Waals surface area contributed by atoms with E-state index in [9.17, 15) is 0 Å². The van der Waals surface area contributed by atoms with E-state index in [0.29, 0.717) is 22.6 Å². The van der Waals surface area contributed by atoms with E-state index >= 15 is 0 Å². The smallest absolute Gasteiger partial charge is 0.254 e. The molecule has 0 saturated carbocycles. The van der Waals surface area contributed by atoms with Crippen molar-refractivity contribution in [2.75, 3.05) is 0 Å². The van der Waals surface area contributed by atoms with Gasteiger partial charge in [-0.3, -0.25) is 0 Å². The summed E-state index contributed by atoms with van der Waals surface area (Å²) in [5, 5.41) is 8.55. The van der Waals surface area contributed by atoms with Crippen LogP contribution in [0.15, 0.2) is 52.9 Å². The zero-order valence-corrected chi connectivity index (χ0v) is 12.2. The van der Waals surface area contributed by atoms with E-state index in [4.69, 9.17) is 20.8 Å². The van der Waals surface area contributed by atoms with Gasteiger partial charge in [-0.15, -0.1) is 10.2 Å². The average Bonchev–Trinajstić information content (AvgIpc) is 2.96. The van der Waals surface area contributed by atoms with E-state index in [-0.39, 0.29) is 6.61 Å². The van der Waals surface area contributed by atoms with Gasteiger partial charge in [-0.25, -0.2) is 0 Å². The summed E-state index contributed by atoms with van der Waals surface area (Å²) in [6.45, 7) is 2.21. The summed E-state index contributed by atoms with van der Waals surface area (Å²) < 4.78 is 11.1. The van der Waals surface area contributed by atoms with Crippen LogP contribution in [0, 0.1) is 6.92 Å². The first-order valence-electron chi connectivity index (χ1n) is 6.49. The molecule has 0 bridgehead atoms. The number of hydrogen-bond acceptors (Lipinski definition) is 4. The molecular formula is C16H13ClN2O2. The Balaban J connectivity index is 1.71. The molecule has 106 valence electrons. The molecule has 0 spiro atoms. The lowest BCUT2D eigenvalue weighted by molar-refractivity contribution is 0.264. The fourth-order valence-electron chi connectivity index (χ4n) is 1.83. The molecule has 1 aromatic heterocycles. The summed E-state index contributed by atoms with van der Waals surface area (Å²) in [6.07, 6.45) is 0. The molecule has 3 aromatic rings. The third-order valence-corrected chi connectivity index (χ3v) is 3.27. The molecular weight excluding hydrogens is 288 g/mol. The lowest BCUT2D eigenvalue weighted by Gasteiger charge is -2.04. The summed E-state index contributed by atoms with van der Waals surface area (Å²) in [5.41, 5.74) is 2.07. The van der Waals surface area contributed by atoms with Crippen molar-refractivity contribution in [3.05, 3.63) is 65.0 Å². The van der Waals surface area contributed by atoms with Gasteiger partial charge in [-0.05, 0) is 31.2 Å². The molecule has 0 aliphatic carbocycles. The minimum atomic E-state index is 0.183. The Labute approximate surface area is 127 Å². The molecule has 0 radical (unpaired) electrons. The molecule has 21 heavy (non-hydrogen) atoms. The topological polar surface area (TPSA) is 48.2 Å². The van der Waals surface area contributed by atoms with Crippen LogP contribution in [0.5, 0.6) is 5.75 Å².